The van der Waals surface area contributed by atoms with E-state index in [9.17, 15) is 0 Å². The van der Waals surface area contributed by atoms with Crippen molar-refractivity contribution in [1.82, 2.24) is 9.80 Å². The fourth-order valence-electron chi connectivity index (χ4n) is 2.91. The molecule has 0 aliphatic carbocycles. The predicted molar refractivity (Wildman–Crippen MR) is 63.9 cm³/mol. The smallest absolute Gasteiger partial charge is 0.0180 e. The molecule has 15 heavy (non-hydrogen) atoms. The molecule has 2 atom stereocenters. The van der Waals surface area contributed by atoms with E-state index >= 15 is 0 Å². The van der Waals surface area contributed by atoms with Crippen LogP contribution in [0, 0.1) is 0 Å². The molecule has 0 amide bonds. The van der Waals surface area contributed by atoms with Gasteiger partial charge in [-0.25, -0.2) is 0 Å². The quantitative estimate of drug-likeness (QED) is 0.752. The number of hydrogen-bond donors (Lipinski definition) is 1. The van der Waals surface area contributed by atoms with E-state index in [4.69, 9.17) is 5.73 Å². The van der Waals surface area contributed by atoms with Crippen molar-refractivity contribution in [2.75, 3.05) is 33.2 Å². The average molecular weight is 211 g/mol. The number of likely N-dealkylation sites (tertiary alicyclic amines) is 2. The van der Waals surface area contributed by atoms with Gasteiger partial charge in [-0.2, -0.15) is 0 Å². The standard InChI is InChI=1S/C12H25N3/c1-14-7-3-2-4-12(14)6-9-15-8-5-11(13)10-15/h11-12H,2-10,13H2,1H3. The summed E-state index contributed by atoms with van der Waals surface area (Å²) in [4.78, 5) is 5.08. The third-order valence-electron chi connectivity index (χ3n) is 4.01. The van der Waals surface area contributed by atoms with Gasteiger partial charge in [-0.1, -0.05) is 6.42 Å². The molecule has 2 N–H and O–H groups in total. The highest BCUT2D eigenvalue weighted by molar-refractivity contribution is 4.80. The Morgan fingerprint density at radius 3 is 2.73 bits per heavy atom. The van der Waals surface area contributed by atoms with Crippen LogP contribution in [0.4, 0.5) is 0 Å². The first-order valence-corrected chi connectivity index (χ1v) is 6.44. The van der Waals surface area contributed by atoms with Crippen LogP contribution in [-0.2, 0) is 0 Å². The van der Waals surface area contributed by atoms with Crippen molar-refractivity contribution in [3.8, 4) is 0 Å². The van der Waals surface area contributed by atoms with Crippen LogP contribution in [-0.4, -0.2) is 55.1 Å². The molecule has 3 nitrogen and oxygen atoms in total. The SMILES string of the molecule is CN1CCCCC1CCN1CCC(N)C1. The molecule has 0 aromatic rings. The molecule has 0 aromatic carbocycles. The third kappa shape index (κ3) is 3.16. The number of hydrogen-bond acceptors (Lipinski definition) is 3. The van der Waals surface area contributed by atoms with Crippen molar-refractivity contribution in [3.63, 3.8) is 0 Å². The van der Waals surface area contributed by atoms with Crippen LogP contribution >= 0.6 is 0 Å². The van der Waals surface area contributed by atoms with Crippen LogP contribution in [0.5, 0.6) is 0 Å². The molecule has 0 aromatic heterocycles. The minimum Gasteiger partial charge on any atom is -0.326 e. The molecular formula is C12H25N3. The Hall–Kier alpha value is -0.120. The molecule has 0 radical (unpaired) electrons. The van der Waals surface area contributed by atoms with Crippen LogP contribution in [0.25, 0.3) is 0 Å². The Kier molecular flexibility index (Phi) is 4.00. The predicted octanol–water partition coefficient (Wildman–Crippen LogP) is 0.894. The van der Waals surface area contributed by atoms with E-state index in [1.807, 2.05) is 0 Å². The summed E-state index contributed by atoms with van der Waals surface area (Å²) in [6.45, 7) is 4.89. The molecule has 0 spiro atoms. The van der Waals surface area contributed by atoms with E-state index in [0.717, 1.165) is 12.6 Å². The van der Waals surface area contributed by atoms with Gasteiger partial charge in [0.2, 0.25) is 0 Å². The number of nitrogens with zero attached hydrogens (tertiary/aromatic N) is 2. The zero-order valence-corrected chi connectivity index (χ0v) is 9.99. The highest BCUT2D eigenvalue weighted by atomic mass is 15.2. The molecule has 2 rings (SSSR count). The average Bonchev–Trinajstić information content (AvgIpc) is 2.63. The molecule has 2 unspecified atom stereocenters. The Balaban J connectivity index is 1.68. The highest BCUT2D eigenvalue weighted by Gasteiger charge is 2.22. The summed E-state index contributed by atoms with van der Waals surface area (Å²) in [6.07, 6.45) is 6.75. The van der Waals surface area contributed by atoms with Gasteiger partial charge in [0, 0.05) is 18.6 Å². The van der Waals surface area contributed by atoms with Gasteiger partial charge in [-0.3, -0.25) is 0 Å². The van der Waals surface area contributed by atoms with Crippen molar-refractivity contribution < 1.29 is 0 Å². The minimum absolute atomic E-state index is 0.439. The fourth-order valence-corrected chi connectivity index (χ4v) is 2.91. The summed E-state index contributed by atoms with van der Waals surface area (Å²) in [6, 6.07) is 1.27. The molecular weight excluding hydrogens is 186 g/mol. The van der Waals surface area contributed by atoms with Gasteiger partial charge in [-0.05, 0) is 52.4 Å². The van der Waals surface area contributed by atoms with Gasteiger partial charge >= 0.3 is 0 Å². The minimum atomic E-state index is 0.439. The van der Waals surface area contributed by atoms with E-state index in [0.29, 0.717) is 6.04 Å². The summed E-state index contributed by atoms with van der Waals surface area (Å²) < 4.78 is 0. The zero-order valence-electron chi connectivity index (χ0n) is 9.99. The van der Waals surface area contributed by atoms with Gasteiger partial charge in [0.1, 0.15) is 0 Å². The molecule has 0 bridgehead atoms. The van der Waals surface area contributed by atoms with Gasteiger partial charge in [0.15, 0.2) is 0 Å². The Morgan fingerprint density at radius 2 is 2.07 bits per heavy atom. The Labute approximate surface area is 93.6 Å². The summed E-state index contributed by atoms with van der Waals surface area (Å²) in [5.41, 5.74) is 5.91. The monoisotopic (exact) mass is 211 g/mol. The lowest BCUT2D eigenvalue weighted by atomic mass is 10.00. The normalized spacial score (nSPS) is 34.8. The van der Waals surface area contributed by atoms with Crippen LogP contribution < -0.4 is 5.73 Å². The van der Waals surface area contributed by atoms with Gasteiger partial charge in [-0.15, -0.1) is 0 Å². The fraction of sp³-hybridized carbons (Fsp3) is 1.00. The highest BCUT2D eigenvalue weighted by Crippen LogP contribution is 2.19. The Bertz CT molecular complexity index is 195. The zero-order chi connectivity index (χ0) is 10.7. The van der Waals surface area contributed by atoms with E-state index in [2.05, 4.69) is 16.8 Å². The van der Waals surface area contributed by atoms with E-state index < -0.39 is 0 Å². The molecule has 2 saturated heterocycles. The molecule has 88 valence electrons. The van der Waals surface area contributed by atoms with E-state index in [1.165, 1.54) is 51.7 Å². The van der Waals surface area contributed by atoms with Crippen molar-refractivity contribution in [1.29, 1.82) is 0 Å². The first kappa shape index (κ1) is 11.4. The number of nitrogens with two attached hydrogens (primary N) is 1. The second kappa shape index (κ2) is 5.28. The maximum atomic E-state index is 5.91. The molecule has 3 heteroatoms. The van der Waals surface area contributed by atoms with E-state index in [-0.39, 0.29) is 0 Å². The van der Waals surface area contributed by atoms with Crippen molar-refractivity contribution in [3.05, 3.63) is 0 Å². The van der Waals surface area contributed by atoms with Crippen LogP contribution in [0.2, 0.25) is 0 Å². The lowest BCUT2D eigenvalue weighted by molar-refractivity contribution is 0.160. The molecule has 2 aliphatic heterocycles. The summed E-state index contributed by atoms with van der Waals surface area (Å²) in [5.74, 6) is 0. The molecule has 2 aliphatic rings. The van der Waals surface area contributed by atoms with Gasteiger partial charge in [0.05, 0.1) is 0 Å². The van der Waals surface area contributed by atoms with Crippen molar-refractivity contribution in [2.45, 2.75) is 44.2 Å². The topological polar surface area (TPSA) is 32.5 Å². The van der Waals surface area contributed by atoms with Crippen LogP contribution in [0.1, 0.15) is 32.1 Å². The van der Waals surface area contributed by atoms with Crippen LogP contribution in [0.3, 0.4) is 0 Å². The second-order valence-electron chi connectivity index (χ2n) is 5.27. The molecule has 2 fully saturated rings. The summed E-state index contributed by atoms with van der Waals surface area (Å²) >= 11 is 0. The van der Waals surface area contributed by atoms with Gasteiger partial charge in [0.25, 0.3) is 0 Å². The van der Waals surface area contributed by atoms with Crippen molar-refractivity contribution >= 4 is 0 Å². The maximum absolute atomic E-state index is 5.91. The second-order valence-corrected chi connectivity index (χ2v) is 5.27. The Morgan fingerprint density at radius 1 is 1.20 bits per heavy atom. The number of piperidine rings is 1. The lowest BCUT2D eigenvalue weighted by Gasteiger charge is -2.33. The van der Waals surface area contributed by atoms with E-state index in [1.54, 1.807) is 0 Å². The maximum Gasteiger partial charge on any atom is 0.0180 e. The summed E-state index contributed by atoms with van der Waals surface area (Å²) in [7, 11) is 2.28. The third-order valence-corrected chi connectivity index (χ3v) is 4.01. The van der Waals surface area contributed by atoms with Gasteiger partial charge < -0.3 is 15.5 Å². The first-order chi connectivity index (χ1) is 7.25. The molecule has 2 heterocycles. The number of rotatable bonds is 3. The van der Waals surface area contributed by atoms with Crippen molar-refractivity contribution in [2.24, 2.45) is 5.73 Å². The summed E-state index contributed by atoms with van der Waals surface area (Å²) in [5, 5.41) is 0. The van der Waals surface area contributed by atoms with Crippen LogP contribution in [0.15, 0.2) is 0 Å². The first-order valence-electron chi connectivity index (χ1n) is 6.44. The largest absolute Gasteiger partial charge is 0.326 e. The molecule has 0 saturated carbocycles. The lowest BCUT2D eigenvalue weighted by Crippen LogP contribution is -2.39.